The number of halogens is 2. The second-order valence-electron chi connectivity index (χ2n) is 5.68. The molecule has 0 saturated carbocycles. The molecule has 0 N–H and O–H groups in total. The summed E-state index contributed by atoms with van der Waals surface area (Å²) >= 11 is 0. The van der Waals surface area contributed by atoms with Gasteiger partial charge in [0.1, 0.15) is 16.5 Å². The van der Waals surface area contributed by atoms with E-state index < -0.39 is 26.6 Å². The first kappa shape index (κ1) is 15.8. The van der Waals surface area contributed by atoms with Crippen LogP contribution in [0.1, 0.15) is 6.42 Å². The van der Waals surface area contributed by atoms with Gasteiger partial charge in [0.15, 0.2) is 0 Å². The molecule has 0 radical (unpaired) electrons. The summed E-state index contributed by atoms with van der Waals surface area (Å²) in [6.45, 7) is 1.82. The fraction of sp³-hybridized carbons (Fsp3) is 0.571. The average Bonchev–Trinajstić information content (AvgIpc) is 2.49. The molecule has 2 aliphatic heterocycles. The van der Waals surface area contributed by atoms with Crippen molar-refractivity contribution in [1.29, 1.82) is 0 Å². The van der Waals surface area contributed by atoms with Crippen molar-refractivity contribution < 1.29 is 21.9 Å². The van der Waals surface area contributed by atoms with Crippen LogP contribution in [0.25, 0.3) is 0 Å². The minimum Gasteiger partial charge on any atom is -0.375 e. The molecule has 2 heterocycles. The van der Waals surface area contributed by atoms with Gasteiger partial charge in [-0.25, -0.2) is 17.2 Å². The summed E-state index contributed by atoms with van der Waals surface area (Å²) in [5.74, 6) is -1.70. The zero-order valence-electron chi connectivity index (χ0n) is 12.2. The van der Waals surface area contributed by atoms with Crippen molar-refractivity contribution >= 4 is 10.0 Å². The van der Waals surface area contributed by atoms with Gasteiger partial charge in [0.25, 0.3) is 0 Å². The molecule has 22 heavy (non-hydrogen) atoms. The highest BCUT2D eigenvalue weighted by molar-refractivity contribution is 7.89. The van der Waals surface area contributed by atoms with Gasteiger partial charge in [0.05, 0.1) is 12.7 Å². The van der Waals surface area contributed by atoms with E-state index in [2.05, 4.69) is 4.90 Å². The first-order valence-electron chi connectivity index (χ1n) is 7.16. The van der Waals surface area contributed by atoms with E-state index in [1.807, 2.05) is 7.05 Å². The van der Waals surface area contributed by atoms with Crippen LogP contribution in [0.15, 0.2) is 23.1 Å². The van der Waals surface area contributed by atoms with Crippen molar-refractivity contribution in [2.45, 2.75) is 23.5 Å². The molecule has 1 aromatic rings. The van der Waals surface area contributed by atoms with Gasteiger partial charge in [0, 0.05) is 25.7 Å². The van der Waals surface area contributed by atoms with Crippen molar-refractivity contribution in [2.75, 3.05) is 33.3 Å². The van der Waals surface area contributed by atoms with Crippen LogP contribution >= 0.6 is 0 Å². The zero-order valence-corrected chi connectivity index (χ0v) is 13.0. The lowest BCUT2D eigenvalue weighted by molar-refractivity contribution is -0.0840. The quantitative estimate of drug-likeness (QED) is 0.813. The van der Waals surface area contributed by atoms with Crippen LogP contribution in [0, 0.1) is 11.6 Å². The third-order valence-electron chi connectivity index (χ3n) is 4.34. The smallest absolute Gasteiger partial charge is 0.246 e. The van der Waals surface area contributed by atoms with E-state index in [-0.39, 0.29) is 25.2 Å². The Bertz CT molecular complexity index is 668. The monoisotopic (exact) mass is 332 g/mol. The highest BCUT2D eigenvalue weighted by atomic mass is 32.2. The Morgan fingerprint density at radius 2 is 2.05 bits per heavy atom. The van der Waals surface area contributed by atoms with E-state index >= 15 is 0 Å². The van der Waals surface area contributed by atoms with Gasteiger partial charge in [-0.05, 0) is 31.7 Å². The van der Waals surface area contributed by atoms with E-state index in [0.29, 0.717) is 13.0 Å². The summed E-state index contributed by atoms with van der Waals surface area (Å²) in [5, 5.41) is 0. The van der Waals surface area contributed by atoms with Gasteiger partial charge >= 0.3 is 0 Å². The van der Waals surface area contributed by atoms with Crippen LogP contribution in [0.3, 0.4) is 0 Å². The van der Waals surface area contributed by atoms with Crippen LogP contribution in [-0.4, -0.2) is 63.1 Å². The van der Waals surface area contributed by atoms with Gasteiger partial charge in [-0.15, -0.1) is 0 Å². The SMILES string of the molecule is CN1CCO[C@H]2CCN(S(=O)(=O)c3cc(F)ccc3F)C[C@H]21. The molecule has 2 saturated heterocycles. The van der Waals surface area contributed by atoms with Gasteiger partial charge in [-0.2, -0.15) is 4.31 Å². The lowest BCUT2D eigenvalue weighted by Crippen LogP contribution is -2.59. The maximum atomic E-state index is 13.8. The highest BCUT2D eigenvalue weighted by Gasteiger charge is 2.40. The van der Waals surface area contributed by atoms with Crippen molar-refractivity contribution in [1.82, 2.24) is 9.21 Å². The summed E-state index contributed by atoms with van der Waals surface area (Å²) in [6.07, 6.45) is 0.535. The Hall–Kier alpha value is -1.09. The number of hydrogen-bond acceptors (Lipinski definition) is 4. The topological polar surface area (TPSA) is 49.9 Å². The Kier molecular flexibility index (Phi) is 4.19. The maximum absolute atomic E-state index is 13.8. The van der Waals surface area contributed by atoms with Crippen LogP contribution < -0.4 is 0 Å². The number of benzene rings is 1. The number of sulfonamides is 1. The molecule has 2 fully saturated rings. The zero-order chi connectivity index (χ0) is 15.9. The molecule has 2 aliphatic rings. The Labute approximate surface area is 128 Å². The minimum absolute atomic E-state index is 0.0115. The van der Waals surface area contributed by atoms with Gasteiger partial charge in [0.2, 0.25) is 10.0 Å². The van der Waals surface area contributed by atoms with Crippen LogP contribution in [0.2, 0.25) is 0 Å². The van der Waals surface area contributed by atoms with E-state index in [0.717, 1.165) is 24.7 Å². The molecule has 8 heteroatoms. The molecule has 0 unspecified atom stereocenters. The van der Waals surface area contributed by atoms with Crippen molar-refractivity contribution in [3.8, 4) is 0 Å². The molecule has 0 aliphatic carbocycles. The average molecular weight is 332 g/mol. The van der Waals surface area contributed by atoms with E-state index in [1.54, 1.807) is 0 Å². The molecule has 0 amide bonds. The van der Waals surface area contributed by atoms with Crippen molar-refractivity contribution in [2.24, 2.45) is 0 Å². The minimum atomic E-state index is -4.05. The van der Waals surface area contributed by atoms with Gasteiger partial charge in [-0.1, -0.05) is 0 Å². The lowest BCUT2D eigenvalue weighted by Gasteiger charge is -2.45. The fourth-order valence-electron chi connectivity index (χ4n) is 3.04. The molecule has 0 aromatic heterocycles. The van der Waals surface area contributed by atoms with Crippen molar-refractivity contribution in [3.05, 3.63) is 29.8 Å². The van der Waals surface area contributed by atoms with E-state index in [4.69, 9.17) is 4.74 Å². The predicted octanol–water partition coefficient (Wildman–Crippen LogP) is 1.06. The largest absolute Gasteiger partial charge is 0.375 e. The summed E-state index contributed by atoms with van der Waals surface area (Å²) in [4.78, 5) is 1.45. The lowest BCUT2D eigenvalue weighted by atomic mass is 10.0. The van der Waals surface area contributed by atoms with Crippen LogP contribution in [-0.2, 0) is 14.8 Å². The molecule has 2 atom stereocenters. The molecule has 0 spiro atoms. The second kappa shape index (κ2) is 5.84. The first-order valence-corrected chi connectivity index (χ1v) is 8.60. The third kappa shape index (κ3) is 2.76. The van der Waals surface area contributed by atoms with Gasteiger partial charge in [-0.3, -0.25) is 4.90 Å². The number of piperidine rings is 1. The predicted molar refractivity (Wildman–Crippen MR) is 75.9 cm³/mol. The third-order valence-corrected chi connectivity index (χ3v) is 6.22. The summed E-state index contributed by atoms with van der Waals surface area (Å²) in [5.41, 5.74) is 0. The number of nitrogens with zero attached hydrogens (tertiary/aromatic N) is 2. The van der Waals surface area contributed by atoms with Gasteiger partial charge < -0.3 is 4.74 Å². The molecular formula is C14H18F2N2O3S. The molecule has 122 valence electrons. The Balaban J connectivity index is 1.88. The number of rotatable bonds is 2. The van der Waals surface area contributed by atoms with E-state index in [9.17, 15) is 17.2 Å². The summed E-state index contributed by atoms with van der Waals surface area (Å²) in [6, 6.07) is 2.42. The Morgan fingerprint density at radius 3 is 2.82 bits per heavy atom. The molecular weight excluding hydrogens is 314 g/mol. The summed E-state index contributed by atoms with van der Waals surface area (Å²) < 4.78 is 59.2. The normalized spacial score (nSPS) is 27.6. The Morgan fingerprint density at radius 1 is 1.27 bits per heavy atom. The fourth-order valence-corrected chi connectivity index (χ4v) is 4.59. The molecule has 0 bridgehead atoms. The number of fused-ring (bicyclic) bond motifs is 1. The molecule has 5 nitrogen and oxygen atoms in total. The standard InChI is InChI=1S/C14H18F2N2O3S/c1-17-6-7-21-13-4-5-18(9-12(13)17)22(19,20)14-8-10(15)2-3-11(14)16/h2-3,8,12-13H,4-7,9H2,1H3/t12-,13+/m1/s1. The van der Waals surface area contributed by atoms with Crippen LogP contribution in [0.4, 0.5) is 8.78 Å². The number of ether oxygens (including phenoxy) is 1. The van der Waals surface area contributed by atoms with E-state index in [1.165, 1.54) is 4.31 Å². The summed E-state index contributed by atoms with van der Waals surface area (Å²) in [7, 11) is -2.14. The van der Waals surface area contributed by atoms with Crippen molar-refractivity contribution in [3.63, 3.8) is 0 Å². The van der Waals surface area contributed by atoms with Crippen LogP contribution in [0.5, 0.6) is 0 Å². The number of morpholine rings is 1. The number of hydrogen-bond donors (Lipinski definition) is 0. The molecule has 1 aromatic carbocycles. The molecule has 3 rings (SSSR count). The number of likely N-dealkylation sites (N-methyl/N-ethyl adjacent to an activating group) is 1. The first-order chi connectivity index (χ1) is 10.4. The highest BCUT2D eigenvalue weighted by Crippen LogP contribution is 2.27. The maximum Gasteiger partial charge on any atom is 0.246 e. The second-order valence-corrected chi connectivity index (χ2v) is 7.59.